The number of ether oxygens (including phenoxy) is 1. The van der Waals surface area contributed by atoms with Crippen LogP contribution in [-0.2, 0) is 6.42 Å². The molecule has 3 heteroatoms. The largest absolute Gasteiger partial charge is 0.497 e. The summed E-state index contributed by atoms with van der Waals surface area (Å²) in [6, 6.07) is 13.9. The van der Waals surface area contributed by atoms with Gasteiger partial charge in [-0.15, -0.1) is 0 Å². The van der Waals surface area contributed by atoms with E-state index in [1.54, 1.807) is 7.11 Å². The Hall–Kier alpha value is -1.51. The van der Waals surface area contributed by atoms with Crippen LogP contribution < -0.4 is 4.74 Å². The van der Waals surface area contributed by atoms with Gasteiger partial charge in [-0.1, -0.05) is 35.9 Å². The minimum Gasteiger partial charge on any atom is -0.497 e. The molecule has 0 aliphatic heterocycles. The summed E-state index contributed by atoms with van der Waals surface area (Å²) in [5, 5.41) is 9.53. The average molecular weight is 277 g/mol. The number of rotatable bonds is 5. The third-order valence-electron chi connectivity index (χ3n) is 3.06. The van der Waals surface area contributed by atoms with E-state index in [1.807, 2.05) is 30.3 Å². The molecule has 0 saturated heterocycles. The number of aliphatic hydroxyl groups is 1. The van der Waals surface area contributed by atoms with E-state index >= 15 is 0 Å². The minimum absolute atomic E-state index is 0.226. The van der Waals surface area contributed by atoms with Gasteiger partial charge >= 0.3 is 0 Å². The van der Waals surface area contributed by atoms with E-state index in [0.717, 1.165) is 29.7 Å². The maximum atomic E-state index is 8.82. The molecule has 2 aromatic rings. The lowest BCUT2D eigenvalue weighted by Crippen LogP contribution is -1.90. The van der Waals surface area contributed by atoms with Crippen LogP contribution in [0, 0.1) is 0 Å². The first kappa shape index (κ1) is 13.9. The van der Waals surface area contributed by atoms with Gasteiger partial charge in [-0.25, -0.2) is 0 Å². The van der Waals surface area contributed by atoms with E-state index in [-0.39, 0.29) is 6.61 Å². The molecule has 2 nitrogen and oxygen atoms in total. The van der Waals surface area contributed by atoms with Crippen molar-refractivity contribution in [3.63, 3.8) is 0 Å². The molecule has 2 rings (SSSR count). The highest BCUT2D eigenvalue weighted by atomic mass is 35.5. The molecule has 0 radical (unpaired) electrons. The molecule has 0 aliphatic carbocycles. The summed E-state index contributed by atoms with van der Waals surface area (Å²) in [7, 11) is 1.64. The molecule has 0 unspecified atom stereocenters. The van der Waals surface area contributed by atoms with Crippen molar-refractivity contribution >= 4 is 11.6 Å². The monoisotopic (exact) mass is 276 g/mol. The number of hydrogen-bond donors (Lipinski definition) is 1. The van der Waals surface area contributed by atoms with Crippen molar-refractivity contribution in [2.75, 3.05) is 13.7 Å². The van der Waals surface area contributed by atoms with Gasteiger partial charge in [0.05, 0.1) is 7.11 Å². The van der Waals surface area contributed by atoms with Crippen LogP contribution in [0.25, 0.3) is 11.1 Å². The van der Waals surface area contributed by atoms with Crippen LogP contribution in [0.5, 0.6) is 5.75 Å². The smallest absolute Gasteiger partial charge is 0.119 e. The molecular formula is C16H17ClO2. The Bertz CT molecular complexity index is 535. The van der Waals surface area contributed by atoms with Gasteiger partial charge in [0.15, 0.2) is 0 Å². The number of aliphatic hydroxyl groups excluding tert-OH is 1. The molecule has 19 heavy (non-hydrogen) atoms. The Kier molecular flexibility index (Phi) is 4.83. The van der Waals surface area contributed by atoms with Crippen molar-refractivity contribution in [2.45, 2.75) is 12.8 Å². The quantitative estimate of drug-likeness (QED) is 0.896. The van der Waals surface area contributed by atoms with Gasteiger partial charge in [0, 0.05) is 17.2 Å². The first-order valence-electron chi connectivity index (χ1n) is 6.28. The topological polar surface area (TPSA) is 29.5 Å². The van der Waals surface area contributed by atoms with E-state index in [4.69, 9.17) is 21.4 Å². The van der Waals surface area contributed by atoms with Gasteiger partial charge in [0.2, 0.25) is 0 Å². The molecule has 0 saturated carbocycles. The highest BCUT2D eigenvalue weighted by molar-refractivity contribution is 6.33. The predicted octanol–water partition coefficient (Wildman–Crippen LogP) is 3.94. The number of methoxy groups -OCH3 is 1. The van der Waals surface area contributed by atoms with Crippen molar-refractivity contribution in [2.24, 2.45) is 0 Å². The Morgan fingerprint density at radius 3 is 2.47 bits per heavy atom. The van der Waals surface area contributed by atoms with Crippen LogP contribution in [0.3, 0.4) is 0 Å². The second kappa shape index (κ2) is 6.60. The Labute approximate surface area is 118 Å². The molecule has 0 bridgehead atoms. The molecule has 0 atom stereocenters. The van der Waals surface area contributed by atoms with Crippen LogP contribution in [0.4, 0.5) is 0 Å². The van der Waals surface area contributed by atoms with Gasteiger partial charge in [-0.2, -0.15) is 0 Å². The molecule has 0 heterocycles. The van der Waals surface area contributed by atoms with E-state index in [9.17, 15) is 0 Å². The van der Waals surface area contributed by atoms with Gasteiger partial charge in [-0.3, -0.25) is 0 Å². The van der Waals surface area contributed by atoms with E-state index < -0.39 is 0 Å². The summed E-state index contributed by atoms with van der Waals surface area (Å²) in [5.74, 6) is 0.795. The van der Waals surface area contributed by atoms with Crippen LogP contribution >= 0.6 is 11.6 Å². The van der Waals surface area contributed by atoms with Crippen molar-refractivity contribution in [3.8, 4) is 16.9 Å². The summed E-state index contributed by atoms with van der Waals surface area (Å²) in [5.41, 5.74) is 3.25. The molecule has 0 aromatic heterocycles. The predicted molar refractivity (Wildman–Crippen MR) is 78.8 cm³/mol. The van der Waals surface area contributed by atoms with Gasteiger partial charge in [0.25, 0.3) is 0 Å². The number of halogens is 1. The fourth-order valence-electron chi connectivity index (χ4n) is 1.99. The van der Waals surface area contributed by atoms with Crippen molar-refractivity contribution in [3.05, 3.63) is 53.1 Å². The van der Waals surface area contributed by atoms with Crippen molar-refractivity contribution in [1.29, 1.82) is 0 Å². The van der Waals surface area contributed by atoms with Crippen molar-refractivity contribution in [1.82, 2.24) is 0 Å². The van der Waals surface area contributed by atoms with Crippen LogP contribution in [0.1, 0.15) is 12.0 Å². The van der Waals surface area contributed by atoms with Crippen LogP contribution in [0.15, 0.2) is 42.5 Å². The fraction of sp³-hybridized carbons (Fsp3) is 0.250. The highest BCUT2D eigenvalue weighted by Gasteiger charge is 2.05. The molecule has 100 valence electrons. The van der Waals surface area contributed by atoms with Gasteiger partial charge in [0.1, 0.15) is 5.75 Å². The van der Waals surface area contributed by atoms with Crippen LogP contribution in [0.2, 0.25) is 5.02 Å². The average Bonchev–Trinajstić information content (AvgIpc) is 2.46. The van der Waals surface area contributed by atoms with Crippen LogP contribution in [-0.4, -0.2) is 18.8 Å². The summed E-state index contributed by atoms with van der Waals surface area (Å²) in [4.78, 5) is 0. The zero-order valence-corrected chi connectivity index (χ0v) is 11.7. The lowest BCUT2D eigenvalue weighted by molar-refractivity contribution is 0.288. The van der Waals surface area contributed by atoms with Gasteiger partial charge in [-0.05, 0) is 42.2 Å². The van der Waals surface area contributed by atoms with Gasteiger partial charge < -0.3 is 9.84 Å². The standard InChI is InChI=1S/C16H17ClO2/c1-19-14-8-9-16(17)15(11-14)13-6-4-12(5-7-13)3-2-10-18/h4-9,11,18H,2-3,10H2,1H3. The number of hydrogen-bond acceptors (Lipinski definition) is 2. The molecular weight excluding hydrogens is 260 g/mol. The zero-order chi connectivity index (χ0) is 13.7. The Morgan fingerprint density at radius 2 is 1.84 bits per heavy atom. The summed E-state index contributed by atoms with van der Waals surface area (Å²) >= 11 is 6.22. The summed E-state index contributed by atoms with van der Waals surface area (Å²) in [6.45, 7) is 0.226. The normalized spacial score (nSPS) is 10.5. The second-order valence-electron chi connectivity index (χ2n) is 4.37. The first-order chi connectivity index (χ1) is 9.24. The maximum Gasteiger partial charge on any atom is 0.119 e. The fourth-order valence-corrected chi connectivity index (χ4v) is 2.21. The molecule has 1 N–H and O–H groups in total. The number of aryl methyl sites for hydroxylation is 1. The second-order valence-corrected chi connectivity index (χ2v) is 4.78. The molecule has 2 aromatic carbocycles. The maximum absolute atomic E-state index is 8.82. The molecule has 0 amide bonds. The first-order valence-corrected chi connectivity index (χ1v) is 6.66. The lowest BCUT2D eigenvalue weighted by atomic mass is 10.0. The minimum atomic E-state index is 0.226. The molecule has 0 fully saturated rings. The van der Waals surface area contributed by atoms with E-state index in [2.05, 4.69) is 12.1 Å². The lowest BCUT2D eigenvalue weighted by Gasteiger charge is -2.08. The van der Waals surface area contributed by atoms with E-state index in [0.29, 0.717) is 5.02 Å². The third-order valence-corrected chi connectivity index (χ3v) is 3.39. The Morgan fingerprint density at radius 1 is 1.11 bits per heavy atom. The molecule has 0 aliphatic rings. The van der Waals surface area contributed by atoms with Crippen molar-refractivity contribution < 1.29 is 9.84 Å². The summed E-state index contributed by atoms with van der Waals surface area (Å²) < 4.78 is 5.22. The molecule has 0 spiro atoms. The number of benzene rings is 2. The Balaban J connectivity index is 2.26. The highest BCUT2D eigenvalue weighted by Crippen LogP contribution is 2.31. The summed E-state index contributed by atoms with van der Waals surface area (Å²) in [6.07, 6.45) is 1.68. The van der Waals surface area contributed by atoms with E-state index in [1.165, 1.54) is 5.56 Å². The SMILES string of the molecule is COc1ccc(Cl)c(-c2ccc(CCCO)cc2)c1. The third kappa shape index (κ3) is 3.49. The zero-order valence-electron chi connectivity index (χ0n) is 10.9.